The zero-order valence-electron chi connectivity index (χ0n) is 16.3. The zero-order chi connectivity index (χ0) is 20.2. The van der Waals surface area contributed by atoms with E-state index in [1.165, 1.54) is 11.6 Å². The highest BCUT2D eigenvalue weighted by atomic mass is 32.1. The lowest BCUT2D eigenvalue weighted by Crippen LogP contribution is -2.46. The highest BCUT2D eigenvalue weighted by Crippen LogP contribution is 2.11. The van der Waals surface area contributed by atoms with Crippen LogP contribution in [0.2, 0.25) is 0 Å². The van der Waals surface area contributed by atoms with Crippen LogP contribution in [0.3, 0.4) is 0 Å². The number of amides is 2. The Morgan fingerprint density at radius 1 is 1.18 bits per heavy atom. The van der Waals surface area contributed by atoms with Crippen molar-refractivity contribution in [2.24, 2.45) is 5.73 Å². The molecular weight excluding hydrogens is 370 g/mol. The van der Waals surface area contributed by atoms with E-state index < -0.39 is 6.04 Å². The van der Waals surface area contributed by atoms with Gasteiger partial charge >= 0.3 is 0 Å². The first-order chi connectivity index (χ1) is 13.6. The van der Waals surface area contributed by atoms with Crippen LogP contribution in [0.1, 0.15) is 30.2 Å². The number of aryl methyl sites for hydroxylation is 1. The van der Waals surface area contributed by atoms with Crippen molar-refractivity contribution in [2.45, 2.75) is 44.7 Å². The number of nitrogens with one attached hydrogen (secondary N) is 2. The molecule has 0 aliphatic heterocycles. The minimum Gasteiger partial charge on any atom is -0.353 e. The molecule has 2 rings (SSSR count). The maximum Gasteiger partial charge on any atom is 0.243 e. The number of benzene rings is 1. The van der Waals surface area contributed by atoms with Crippen LogP contribution in [0, 0.1) is 0 Å². The average Bonchev–Trinajstić information content (AvgIpc) is 3.22. The van der Waals surface area contributed by atoms with E-state index in [0.717, 1.165) is 17.7 Å². The maximum atomic E-state index is 12.5. The van der Waals surface area contributed by atoms with Gasteiger partial charge in [0.25, 0.3) is 0 Å². The summed E-state index contributed by atoms with van der Waals surface area (Å²) in [6.45, 7) is 2.64. The van der Waals surface area contributed by atoms with E-state index in [9.17, 15) is 9.59 Å². The Balaban J connectivity index is 1.96. The molecule has 1 aromatic heterocycles. The summed E-state index contributed by atoms with van der Waals surface area (Å²) >= 11 is 1.59. The van der Waals surface area contributed by atoms with Gasteiger partial charge < -0.3 is 16.4 Å². The van der Waals surface area contributed by atoms with Gasteiger partial charge in [0.15, 0.2) is 0 Å². The third-order valence-corrected chi connectivity index (χ3v) is 5.18. The second-order valence-corrected chi connectivity index (χ2v) is 7.71. The summed E-state index contributed by atoms with van der Waals surface area (Å²) in [4.78, 5) is 25.5. The molecule has 0 bridgehead atoms. The normalized spacial score (nSPS) is 13.2. The van der Waals surface area contributed by atoms with Gasteiger partial charge in [0.05, 0.1) is 6.04 Å². The summed E-state index contributed by atoms with van der Waals surface area (Å²) < 4.78 is 0. The van der Waals surface area contributed by atoms with Gasteiger partial charge in [0.2, 0.25) is 11.8 Å². The smallest absolute Gasteiger partial charge is 0.243 e. The molecule has 2 unspecified atom stereocenters. The lowest BCUT2D eigenvalue weighted by Gasteiger charge is -2.18. The first kappa shape index (κ1) is 21.9. The largest absolute Gasteiger partial charge is 0.353 e. The number of carbonyl (C=O) groups is 2. The number of thiophene rings is 1. The number of carbonyl (C=O) groups excluding carboxylic acids is 2. The molecule has 2 aromatic rings. The third-order valence-electron chi connectivity index (χ3n) is 4.28. The van der Waals surface area contributed by atoms with Crippen molar-refractivity contribution in [2.75, 3.05) is 6.54 Å². The molecule has 0 saturated carbocycles. The van der Waals surface area contributed by atoms with Crippen molar-refractivity contribution in [3.8, 4) is 0 Å². The second-order valence-electron chi connectivity index (χ2n) is 6.68. The Hall–Kier alpha value is -2.44. The molecule has 0 aliphatic carbocycles. The van der Waals surface area contributed by atoms with Crippen molar-refractivity contribution < 1.29 is 9.59 Å². The zero-order valence-corrected chi connectivity index (χ0v) is 17.1. The van der Waals surface area contributed by atoms with Gasteiger partial charge in [-0.25, -0.2) is 0 Å². The summed E-state index contributed by atoms with van der Waals surface area (Å²) in [6.07, 6.45) is 6.13. The Morgan fingerprint density at radius 3 is 2.64 bits per heavy atom. The fraction of sp³-hybridized carbons (Fsp3) is 0.364. The lowest BCUT2D eigenvalue weighted by atomic mass is 10.0. The quantitative estimate of drug-likeness (QED) is 0.508. The lowest BCUT2D eigenvalue weighted by molar-refractivity contribution is -0.123. The van der Waals surface area contributed by atoms with E-state index in [1.54, 1.807) is 17.4 Å². The van der Waals surface area contributed by atoms with Crippen LogP contribution in [0.4, 0.5) is 0 Å². The average molecular weight is 400 g/mol. The molecule has 4 N–H and O–H groups in total. The summed E-state index contributed by atoms with van der Waals surface area (Å²) in [5, 5.41) is 7.76. The summed E-state index contributed by atoms with van der Waals surface area (Å²) in [6, 6.07) is 13.1. The second kappa shape index (κ2) is 12.1. The number of rotatable bonds is 11. The molecule has 5 nitrogen and oxygen atoms in total. The van der Waals surface area contributed by atoms with Crippen molar-refractivity contribution >= 4 is 23.2 Å². The summed E-state index contributed by atoms with van der Waals surface area (Å²) in [7, 11) is 0. The summed E-state index contributed by atoms with van der Waals surface area (Å²) in [5.41, 5.74) is 7.27. The number of nitrogens with two attached hydrogens (primary N) is 1. The fourth-order valence-corrected chi connectivity index (χ4v) is 3.49. The molecule has 2 amide bonds. The highest BCUT2D eigenvalue weighted by molar-refractivity contribution is 7.09. The van der Waals surface area contributed by atoms with Gasteiger partial charge in [0, 0.05) is 30.0 Å². The predicted octanol–water partition coefficient (Wildman–Crippen LogP) is 2.82. The standard InChI is InChI=1S/C22H29N3O2S/c1-2-14-24-21(26)13-12-18(11-10-17-7-4-3-5-8-17)25-22(27)20(23)16-19-9-6-15-28-19/h3-9,12-13,15,18,20H,2,10-11,14,16,23H2,1H3,(H,24,26)(H,25,27). The van der Waals surface area contributed by atoms with E-state index >= 15 is 0 Å². The van der Waals surface area contributed by atoms with Crippen molar-refractivity contribution in [3.63, 3.8) is 0 Å². The van der Waals surface area contributed by atoms with Crippen LogP contribution >= 0.6 is 11.3 Å². The first-order valence-electron chi connectivity index (χ1n) is 9.66. The van der Waals surface area contributed by atoms with Gasteiger partial charge in [-0.1, -0.05) is 49.4 Å². The molecule has 2 atom stereocenters. The molecule has 0 aliphatic rings. The van der Waals surface area contributed by atoms with Crippen LogP contribution in [0.5, 0.6) is 0 Å². The Bertz CT molecular complexity index is 744. The van der Waals surface area contributed by atoms with Crippen LogP contribution in [-0.4, -0.2) is 30.4 Å². The Morgan fingerprint density at radius 2 is 1.96 bits per heavy atom. The predicted molar refractivity (Wildman–Crippen MR) is 115 cm³/mol. The van der Waals surface area contributed by atoms with Crippen molar-refractivity contribution in [1.82, 2.24) is 10.6 Å². The molecule has 1 heterocycles. The summed E-state index contributed by atoms with van der Waals surface area (Å²) in [5.74, 6) is -0.353. The topological polar surface area (TPSA) is 84.2 Å². The van der Waals surface area contributed by atoms with E-state index in [4.69, 9.17) is 5.73 Å². The van der Waals surface area contributed by atoms with Crippen molar-refractivity contribution in [3.05, 3.63) is 70.4 Å². The molecule has 150 valence electrons. The molecule has 28 heavy (non-hydrogen) atoms. The minimum absolute atomic E-state index is 0.149. The Labute approximate surface area is 171 Å². The Kier molecular flexibility index (Phi) is 9.45. The van der Waals surface area contributed by atoms with Crippen LogP contribution in [-0.2, 0) is 22.4 Å². The molecule has 6 heteroatoms. The highest BCUT2D eigenvalue weighted by Gasteiger charge is 2.18. The van der Waals surface area contributed by atoms with Gasteiger partial charge in [-0.2, -0.15) is 0 Å². The third kappa shape index (κ3) is 8.06. The SMILES string of the molecule is CCCNC(=O)C=CC(CCc1ccccc1)NC(=O)C(N)Cc1cccs1. The molecular formula is C22H29N3O2S. The van der Waals surface area contributed by atoms with Crippen molar-refractivity contribution in [1.29, 1.82) is 0 Å². The molecule has 0 radical (unpaired) electrons. The fourth-order valence-electron chi connectivity index (χ4n) is 2.72. The van der Waals surface area contributed by atoms with Crippen LogP contribution in [0.25, 0.3) is 0 Å². The van der Waals surface area contributed by atoms with E-state index in [0.29, 0.717) is 19.4 Å². The number of hydrogen-bond donors (Lipinski definition) is 3. The maximum absolute atomic E-state index is 12.5. The molecule has 1 aromatic carbocycles. The molecule has 0 saturated heterocycles. The monoisotopic (exact) mass is 399 g/mol. The van der Waals surface area contributed by atoms with E-state index in [1.807, 2.05) is 42.6 Å². The van der Waals surface area contributed by atoms with Gasteiger partial charge in [-0.3, -0.25) is 9.59 Å². The minimum atomic E-state index is -0.611. The molecule has 0 fully saturated rings. The van der Waals surface area contributed by atoms with E-state index in [-0.39, 0.29) is 17.9 Å². The molecule has 0 spiro atoms. The van der Waals surface area contributed by atoms with E-state index in [2.05, 4.69) is 22.8 Å². The van der Waals surface area contributed by atoms with Crippen LogP contribution in [0.15, 0.2) is 60.0 Å². The number of hydrogen-bond acceptors (Lipinski definition) is 4. The van der Waals surface area contributed by atoms with Gasteiger partial charge in [-0.15, -0.1) is 11.3 Å². The first-order valence-corrected chi connectivity index (χ1v) is 10.5. The van der Waals surface area contributed by atoms with Gasteiger partial charge in [-0.05, 0) is 36.3 Å². The van der Waals surface area contributed by atoms with Gasteiger partial charge in [0.1, 0.15) is 0 Å². The van der Waals surface area contributed by atoms with Crippen LogP contribution < -0.4 is 16.4 Å².